The predicted molar refractivity (Wildman–Crippen MR) is 634 cm³/mol. The van der Waals surface area contributed by atoms with Crippen LogP contribution in [0.2, 0.25) is 0 Å². The summed E-state index contributed by atoms with van der Waals surface area (Å²) in [5.41, 5.74) is 30.8. The summed E-state index contributed by atoms with van der Waals surface area (Å²) in [6.45, 7) is 0. The zero-order valence-electron chi connectivity index (χ0n) is 79.5. The van der Waals surface area contributed by atoms with Gasteiger partial charge in [-0.1, -0.05) is 267 Å². The maximum atomic E-state index is 6.51. The molecule has 0 atom stereocenters. The van der Waals surface area contributed by atoms with Crippen molar-refractivity contribution in [3.05, 3.63) is 485 Å². The Balaban J connectivity index is 0.0000000969. The van der Waals surface area contributed by atoms with Crippen molar-refractivity contribution in [2.24, 2.45) is 0 Å². The smallest absolute Gasteiger partial charge is 0.159 e. The molecule has 10 aromatic heterocycles. The molecule has 0 bridgehead atoms. The van der Waals surface area contributed by atoms with Crippen LogP contribution in [0.4, 0.5) is 0 Å². The zero-order chi connectivity index (χ0) is 96.3. The van der Waals surface area contributed by atoms with Crippen molar-refractivity contribution in [3.8, 4) is 67.5 Å². The van der Waals surface area contributed by atoms with E-state index in [1.54, 1.807) is 0 Å². The number of thiophene rings is 3. The molecule has 0 saturated carbocycles. The molecular formula is C138H80N6OS3. The summed E-state index contributed by atoms with van der Waals surface area (Å²) in [5.74, 6) is 0. The van der Waals surface area contributed by atoms with Crippen molar-refractivity contribution in [1.29, 1.82) is 0 Å². The van der Waals surface area contributed by atoms with Crippen LogP contribution in [0.15, 0.2) is 490 Å². The fourth-order valence-electron chi connectivity index (χ4n) is 25.3. The Morgan fingerprint density at radius 2 is 0.432 bits per heavy atom. The molecular weight excluding hydrogens is 1850 g/mol. The number of hydrogen-bond acceptors (Lipinski definition) is 4. The van der Waals surface area contributed by atoms with Crippen LogP contribution < -0.4 is 0 Å². The van der Waals surface area contributed by atoms with Crippen molar-refractivity contribution in [3.63, 3.8) is 0 Å². The molecule has 0 spiro atoms. The number of rotatable bonds is 9. The molecule has 0 aliphatic carbocycles. The van der Waals surface area contributed by atoms with Gasteiger partial charge in [0.2, 0.25) is 0 Å². The van der Waals surface area contributed by atoms with Crippen molar-refractivity contribution >= 4 is 280 Å². The highest BCUT2D eigenvalue weighted by Gasteiger charge is 2.28. The SMILES string of the molecule is c1ccc(-n2c3cccc4ccc5cc(-c6ccc7c(c6)c6ccccc6n7-c6cccc7c6oc6ccccc67)cc2c5c43)cc1.c1ccc(-n2c3ccccc3c3cc(-c4cc5ccc6cccc7c6c5c(c4)n7-c4ccc5sc6ccccc6c5c4)ccc32)cc1.c1ccc2c(c1)sc1ccc(-n3c4ccccc4c4cc(-c5cc6ccc7cccc8c7c6c(c5)n8-c5ccc6sc7ccccc7c6c5)ccc43)cc12. The van der Waals surface area contributed by atoms with E-state index in [1.807, 2.05) is 40.1 Å². The van der Waals surface area contributed by atoms with Gasteiger partial charge in [-0.3, -0.25) is 0 Å². The zero-order valence-corrected chi connectivity index (χ0v) is 82.0. The lowest BCUT2D eigenvalue weighted by Crippen LogP contribution is -1.94. The van der Waals surface area contributed by atoms with E-state index in [2.05, 4.69) is 507 Å². The second kappa shape index (κ2) is 31.4. The van der Waals surface area contributed by atoms with Gasteiger partial charge in [0.05, 0.1) is 71.9 Å². The fraction of sp³-hybridized carbons (Fsp3) is 0. The summed E-state index contributed by atoms with van der Waals surface area (Å²) in [4.78, 5) is 0. The fourth-order valence-corrected chi connectivity index (χ4v) is 28.6. The lowest BCUT2D eigenvalue weighted by molar-refractivity contribution is 0.666. The standard InChI is InChI=1S/C50H28N2S2.C44H26N2O.C44H26N2S/c1-4-12-41-35(9-1)38-25-30(18-21-42(38)51(41)33-19-22-47-39(27-33)36-10-2-5-14-45(36)53-47)32-24-31-17-16-29-8-7-13-43-49(29)50(31)44(26-32)52(43)34-20-23-48-40(28-34)37-11-3-6-15-46(37)54-48;1-2-11-31(12-3-1)45-38-17-8-10-27-20-21-29-24-30(26-40(45)43(29)42(27)38)28-22-23-37-35(25-28)32-13-4-6-16-36(32)46(37)39-18-9-15-34-33-14-5-7-19-41(33)47-44(34)39;1-2-10-31(11-3-1)45-37-14-6-4-12-33(37)35-24-28(19-21-38(35)45)30-23-29-18-17-27-9-8-15-39-43(27)44(29)40(25-30)46(39)32-20-22-42-36(26-32)34-13-5-7-16-41(34)47-42/h1-28H;2*1-26H. The van der Waals surface area contributed by atoms with E-state index in [1.165, 1.54) is 274 Å². The quantitative estimate of drug-likeness (QED) is 0.133. The van der Waals surface area contributed by atoms with Gasteiger partial charge in [0.25, 0.3) is 0 Å². The third-order valence-corrected chi connectivity index (χ3v) is 35.2. The molecule has 686 valence electrons. The Bertz CT molecular complexity index is 11800. The number of furan rings is 1. The molecule has 35 rings (SSSR count). The van der Waals surface area contributed by atoms with E-state index >= 15 is 0 Å². The Morgan fingerprint density at radius 1 is 0.142 bits per heavy atom. The normalized spacial score (nSPS) is 12.3. The van der Waals surface area contributed by atoms with Crippen LogP contribution in [0.1, 0.15) is 0 Å². The van der Waals surface area contributed by atoms with Gasteiger partial charge in [-0.2, -0.15) is 0 Å². The Hall–Kier alpha value is -18.7. The van der Waals surface area contributed by atoms with Crippen molar-refractivity contribution in [2.75, 3.05) is 0 Å². The highest BCUT2D eigenvalue weighted by atomic mass is 32.1. The third kappa shape index (κ3) is 12.0. The summed E-state index contributed by atoms with van der Waals surface area (Å²) in [6, 6.07) is 179. The number of benzene rings is 25. The maximum absolute atomic E-state index is 6.51. The molecule has 0 amide bonds. The molecule has 0 unspecified atom stereocenters. The summed E-state index contributed by atoms with van der Waals surface area (Å²) >= 11 is 5.61. The summed E-state index contributed by atoms with van der Waals surface area (Å²) in [7, 11) is 0. The molecule has 25 aromatic carbocycles. The first-order chi connectivity index (χ1) is 73.4. The molecule has 0 saturated heterocycles. The average Bonchev–Trinajstić information content (AvgIpc) is 1.56. The van der Waals surface area contributed by atoms with Gasteiger partial charge >= 0.3 is 0 Å². The molecule has 0 N–H and O–H groups in total. The molecule has 35 aromatic rings. The minimum Gasteiger partial charge on any atom is -0.454 e. The summed E-state index contributed by atoms with van der Waals surface area (Å²) < 4.78 is 29.1. The summed E-state index contributed by atoms with van der Waals surface area (Å²) in [5, 5.41) is 33.3. The van der Waals surface area contributed by atoms with E-state index in [0.29, 0.717) is 0 Å². The van der Waals surface area contributed by atoms with Gasteiger partial charge in [0, 0.05) is 164 Å². The molecule has 0 aliphatic heterocycles. The van der Waals surface area contributed by atoms with Crippen molar-refractivity contribution in [2.45, 2.75) is 0 Å². The second-order valence-electron chi connectivity index (χ2n) is 39.6. The number of fused-ring (bicyclic) bond motifs is 21. The Kier molecular flexibility index (Phi) is 17.4. The van der Waals surface area contributed by atoms with Gasteiger partial charge in [-0.15, -0.1) is 34.0 Å². The van der Waals surface area contributed by atoms with Gasteiger partial charge < -0.3 is 31.8 Å². The van der Waals surface area contributed by atoms with E-state index in [4.69, 9.17) is 4.42 Å². The van der Waals surface area contributed by atoms with E-state index in [9.17, 15) is 0 Å². The Morgan fingerprint density at radius 3 is 0.845 bits per heavy atom. The first kappa shape index (κ1) is 81.8. The largest absolute Gasteiger partial charge is 0.454 e. The topological polar surface area (TPSA) is 42.7 Å². The first-order valence-corrected chi connectivity index (χ1v) is 53.1. The van der Waals surface area contributed by atoms with E-state index in [0.717, 1.165) is 38.7 Å². The highest BCUT2D eigenvalue weighted by Crippen LogP contribution is 2.51. The molecule has 148 heavy (non-hydrogen) atoms. The van der Waals surface area contributed by atoms with Gasteiger partial charge in [0.15, 0.2) is 5.58 Å². The van der Waals surface area contributed by atoms with Crippen LogP contribution >= 0.6 is 34.0 Å². The van der Waals surface area contributed by atoms with Crippen LogP contribution in [0.25, 0.3) is 313 Å². The van der Waals surface area contributed by atoms with Crippen molar-refractivity contribution < 1.29 is 4.42 Å². The van der Waals surface area contributed by atoms with Gasteiger partial charge in [-0.25, -0.2) is 0 Å². The molecule has 0 radical (unpaired) electrons. The molecule has 7 nitrogen and oxygen atoms in total. The predicted octanol–water partition coefficient (Wildman–Crippen LogP) is 39.4. The van der Waals surface area contributed by atoms with Gasteiger partial charge in [-0.05, 0) is 284 Å². The van der Waals surface area contributed by atoms with Crippen LogP contribution in [0.5, 0.6) is 0 Å². The third-order valence-electron chi connectivity index (χ3n) is 31.7. The number of hydrogen-bond donors (Lipinski definition) is 0. The van der Waals surface area contributed by atoms with Crippen LogP contribution in [-0.4, -0.2) is 27.4 Å². The van der Waals surface area contributed by atoms with Crippen LogP contribution in [0, 0.1) is 0 Å². The molecule has 10 heterocycles. The molecule has 0 fully saturated rings. The minimum atomic E-state index is 0.907. The van der Waals surface area contributed by atoms with E-state index in [-0.39, 0.29) is 0 Å². The lowest BCUT2D eigenvalue weighted by Gasteiger charge is -2.11. The number of para-hydroxylation sites is 7. The van der Waals surface area contributed by atoms with Gasteiger partial charge in [0.1, 0.15) is 5.58 Å². The molecule has 10 heteroatoms. The minimum absolute atomic E-state index is 0.907. The average molecular weight is 1930 g/mol. The second-order valence-corrected chi connectivity index (χ2v) is 42.9. The number of aromatic nitrogens is 6. The monoisotopic (exact) mass is 1930 g/mol. The van der Waals surface area contributed by atoms with Crippen LogP contribution in [-0.2, 0) is 0 Å². The summed E-state index contributed by atoms with van der Waals surface area (Å²) in [6.07, 6.45) is 0. The highest BCUT2D eigenvalue weighted by molar-refractivity contribution is 7.26. The molecule has 0 aliphatic rings. The Labute approximate surface area is 857 Å². The maximum Gasteiger partial charge on any atom is 0.159 e. The first-order valence-electron chi connectivity index (χ1n) is 50.6. The van der Waals surface area contributed by atoms with Crippen molar-refractivity contribution in [1.82, 2.24) is 27.4 Å². The van der Waals surface area contributed by atoms with E-state index < -0.39 is 0 Å². The number of nitrogens with zero attached hydrogens (tertiary/aromatic N) is 6. The van der Waals surface area contributed by atoms with Crippen LogP contribution in [0.3, 0.4) is 0 Å². The lowest BCUT2D eigenvalue weighted by atomic mass is 9.96.